The van der Waals surface area contributed by atoms with Crippen LogP contribution in [0.3, 0.4) is 0 Å². The summed E-state index contributed by atoms with van der Waals surface area (Å²) in [6.07, 6.45) is 0. The van der Waals surface area contributed by atoms with Gasteiger partial charge in [0.05, 0.1) is 5.92 Å². The van der Waals surface area contributed by atoms with E-state index in [0.717, 1.165) is 29.8 Å². The molecule has 0 fully saturated rings. The van der Waals surface area contributed by atoms with Crippen molar-refractivity contribution in [2.75, 3.05) is 6.54 Å². The number of carbonyl (C=O) groups is 1. The molecule has 0 saturated heterocycles. The van der Waals surface area contributed by atoms with E-state index in [0.29, 0.717) is 0 Å². The summed E-state index contributed by atoms with van der Waals surface area (Å²) in [5, 5.41) is 12.1. The summed E-state index contributed by atoms with van der Waals surface area (Å²) in [7, 11) is 0. The first-order chi connectivity index (χ1) is 8.00. The summed E-state index contributed by atoms with van der Waals surface area (Å²) in [4.78, 5) is 10.8. The quantitative estimate of drug-likeness (QED) is 0.742. The van der Waals surface area contributed by atoms with Crippen LogP contribution in [0.4, 0.5) is 0 Å². The maximum atomic E-state index is 10.8. The molecule has 0 amide bonds. The van der Waals surface area contributed by atoms with Gasteiger partial charge in [-0.2, -0.15) is 0 Å². The number of carboxylic acids is 1. The predicted molar refractivity (Wildman–Crippen MR) is 69.0 cm³/mol. The van der Waals surface area contributed by atoms with E-state index >= 15 is 0 Å². The fraction of sp³-hybridized carbons (Fsp3) is 0.357. The van der Waals surface area contributed by atoms with Gasteiger partial charge >= 0.3 is 5.97 Å². The molecule has 1 unspecified atom stereocenters. The average molecular weight is 233 g/mol. The van der Waals surface area contributed by atoms with Gasteiger partial charge in [-0.3, -0.25) is 4.79 Å². The Morgan fingerprint density at radius 1 is 1.41 bits per heavy atom. The molecule has 3 heteroatoms. The van der Waals surface area contributed by atoms with Gasteiger partial charge in [-0.25, -0.2) is 0 Å². The normalized spacial score (nSPS) is 12.1. The maximum absolute atomic E-state index is 10.8. The molecule has 1 rings (SSSR count). The van der Waals surface area contributed by atoms with E-state index < -0.39 is 11.9 Å². The summed E-state index contributed by atoms with van der Waals surface area (Å²) in [6, 6.07) is 7.66. The molecule has 0 saturated carbocycles. The van der Waals surface area contributed by atoms with Crippen molar-refractivity contribution >= 4 is 5.97 Å². The highest BCUT2D eigenvalue weighted by atomic mass is 16.4. The third kappa shape index (κ3) is 4.41. The maximum Gasteiger partial charge on any atom is 0.310 e. The monoisotopic (exact) mass is 233 g/mol. The molecule has 0 radical (unpaired) electrons. The van der Waals surface area contributed by atoms with E-state index in [1.54, 1.807) is 6.92 Å². The molecule has 1 atom stereocenters. The number of hydrogen-bond donors (Lipinski definition) is 2. The van der Waals surface area contributed by atoms with E-state index in [2.05, 4.69) is 11.9 Å². The summed E-state index contributed by atoms with van der Waals surface area (Å²) in [5.74, 6) is -1.24. The van der Waals surface area contributed by atoms with Crippen LogP contribution in [0.2, 0.25) is 0 Å². The van der Waals surface area contributed by atoms with Crippen LogP contribution in [0.25, 0.3) is 0 Å². The number of rotatable bonds is 6. The van der Waals surface area contributed by atoms with Crippen LogP contribution in [0.5, 0.6) is 0 Å². The van der Waals surface area contributed by atoms with Crippen molar-refractivity contribution in [3.63, 3.8) is 0 Å². The SMILES string of the molecule is C=C(C)CNCc1ccc(C(C)C(=O)O)cc1. The average Bonchev–Trinajstić information content (AvgIpc) is 2.28. The fourth-order valence-electron chi connectivity index (χ4n) is 1.49. The highest BCUT2D eigenvalue weighted by Crippen LogP contribution is 2.15. The van der Waals surface area contributed by atoms with Crippen molar-refractivity contribution in [1.29, 1.82) is 0 Å². The molecular formula is C14H19NO2. The van der Waals surface area contributed by atoms with Crippen molar-refractivity contribution in [2.24, 2.45) is 0 Å². The van der Waals surface area contributed by atoms with Crippen LogP contribution in [-0.2, 0) is 11.3 Å². The van der Waals surface area contributed by atoms with Crippen LogP contribution < -0.4 is 5.32 Å². The molecule has 0 aliphatic heterocycles. The predicted octanol–water partition coefficient (Wildman–Crippen LogP) is 2.54. The van der Waals surface area contributed by atoms with Gasteiger partial charge in [0.25, 0.3) is 0 Å². The molecule has 0 aliphatic rings. The van der Waals surface area contributed by atoms with Gasteiger partial charge in [0.1, 0.15) is 0 Å². The van der Waals surface area contributed by atoms with Crippen molar-refractivity contribution in [2.45, 2.75) is 26.3 Å². The first-order valence-corrected chi connectivity index (χ1v) is 5.67. The lowest BCUT2D eigenvalue weighted by Crippen LogP contribution is -2.15. The third-order valence-electron chi connectivity index (χ3n) is 2.61. The second kappa shape index (κ2) is 6.21. The molecule has 0 bridgehead atoms. The van der Waals surface area contributed by atoms with E-state index in [-0.39, 0.29) is 0 Å². The van der Waals surface area contributed by atoms with Crippen molar-refractivity contribution in [1.82, 2.24) is 5.32 Å². The second-order valence-electron chi connectivity index (χ2n) is 4.36. The van der Waals surface area contributed by atoms with E-state index in [1.165, 1.54) is 0 Å². The fourth-order valence-corrected chi connectivity index (χ4v) is 1.49. The van der Waals surface area contributed by atoms with E-state index in [4.69, 9.17) is 5.11 Å². The molecule has 0 heterocycles. The molecule has 17 heavy (non-hydrogen) atoms. The Labute approximate surface area is 102 Å². The lowest BCUT2D eigenvalue weighted by atomic mass is 10.00. The zero-order valence-corrected chi connectivity index (χ0v) is 10.4. The summed E-state index contributed by atoms with van der Waals surface area (Å²) < 4.78 is 0. The lowest BCUT2D eigenvalue weighted by molar-refractivity contribution is -0.138. The van der Waals surface area contributed by atoms with Crippen molar-refractivity contribution in [3.8, 4) is 0 Å². The number of nitrogens with one attached hydrogen (secondary N) is 1. The van der Waals surface area contributed by atoms with Crippen LogP contribution in [0.1, 0.15) is 30.9 Å². The van der Waals surface area contributed by atoms with E-state index in [1.807, 2.05) is 31.2 Å². The first-order valence-electron chi connectivity index (χ1n) is 5.67. The Bertz CT molecular complexity index is 395. The molecule has 0 spiro atoms. The van der Waals surface area contributed by atoms with Gasteiger partial charge in [-0.05, 0) is 25.0 Å². The standard InChI is InChI=1S/C14H19NO2/c1-10(2)8-15-9-12-4-6-13(7-5-12)11(3)14(16)17/h4-7,11,15H,1,8-9H2,2-3H3,(H,16,17). The van der Waals surface area contributed by atoms with Crippen LogP contribution in [0, 0.1) is 0 Å². The smallest absolute Gasteiger partial charge is 0.310 e. The lowest BCUT2D eigenvalue weighted by Gasteiger charge is -2.08. The Morgan fingerprint density at radius 2 is 2.00 bits per heavy atom. The van der Waals surface area contributed by atoms with Gasteiger partial charge in [0, 0.05) is 13.1 Å². The minimum atomic E-state index is -0.793. The van der Waals surface area contributed by atoms with Gasteiger partial charge in [0.15, 0.2) is 0 Å². The highest BCUT2D eigenvalue weighted by Gasteiger charge is 2.12. The molecule has 3 nitrogen and oxygen atoms in total. The van der Waals surface area contributed by atoms with Crippen LogP contribution in [-0.4, -0.2) is 17.6 Å². The minimum Gasteiger partial charge on any atom is -0.481 e. The highest BCUT2D eigenvalue weighted by molar-refractivity contribution is 5.75. The number of aliphatic carboxylic acids is 1. The molecule has 1 aromatic carbocycles. The van der Waals surface area contributed by atoms with Crippen molar-refractivity contribution < 1.29 is 9.90 Å². The summed E-state index contributed by atoms with van der Waals surface area (Å²) in [6.45, 7) is 9.05. The van der Waals surface area contributed by atoms with Gasteiger partial charge in [-0.1, -0.05) is 36.4 Å². The van der Waals surface area contributed by atoms with Gasteiger partial charge in [0.2, 0.25) is 0 Å². The summed E-state index contributed by atoms with van der Waals surface area (Å²) in [5.41, 5.74) is 3.08. The third-order valence-corrected chi connectivity index (χ3v) is 2.61. The summed E-state index contributed by atoms with van der Waals surface area (Å²) >= 11 is 0. The minimum absolute atomic E-state index is 0.451. The van der Waals surface area contributed by atoms with Crippen LogP contribution >= 0.6 is 0 Å². The zero-order valence-electron chi connectivity index (χ0n) is 10.4. The first kappa shape index (κ1) is 13.5. The molecule has 0 aliphatic carbocycles. The van der Waals surface area contributed by atoms with Crippen molar-refractivity contribution in [3.05, 3.63) is 47.5 Å². The largest absolute Gasteiger partial charge is 0.481 e. The van der Waals surface area contributed by atoms with E-state index in [9.17, 15) is 4.79 Å². The second-order valence-corrected chi connectivity index (χ2v) is 4.36. The molecule has 1 aromatic rings. The van der Waals surface area contributed by atoms with Crippen LogP contribution in [0.15, 0.2) is 36.4 Å². The molecule has 0 aromatic heterocycles. The van der Waals surface area contributed by atoms with Gasteiger partial charge in [-0.15, -0.1) is 0 Å². The Morgan fingerprint density at radius 3 is 2.47 bits per heavy atom. The molecule has 2 N–H and O–H groups in total. The molecular weight excluding hydrogens is 214 g/mol. The number of hydrogen-bond acceptors (Lipinski definition) is 2. The Balaban J connectivity index is 2.56. The Kier molecular flexibility index (Phi) is 4.91. The number of benzene rings is 1. The Hall–Kier alpha value is -1.61. The zero-order chi connectivity index (χ0) is 12.8. The topological polar surface area (TPSA) is 49.3 Å². The van der Waals surface area contributed by atoms with Gasteiger partial charge < -0.3 is 10.4 Å². The number of carboxylic acid groups (broad SMARTS) is 1. The molecule has 92 valence electrons.